The van der Waals surface area contributed by atoms with Crippen molar-refractivity contribution >= 4 is 46.0 Å². The maximum atomic E-state index is 14.8. The molecular formula is C41H48N6O6. The first-order chi connectivity index (χ1) is 25.4. The molecule has 12 nitrogen and oxygen atoms in total. The highest BCUT2D eigenvalue weighted by atomic mass is 16.7. The number of aromatic nitrogens is 1. The van der Waals surface area contributed by atoms with Gasteiger partial charge in [-0.05, 0) is 48.1 Å². The van der Waals surface area contributed by atoms with E-state index in [0.29, 0.717) is 37.3 Å². The minimum absolute atomic E-state index is 0.0315. The van der Waals surface area contributed by atoms with Crippen LogP contribution >= 0.6 is 0 Å². The Balaban J connectivity index is 1.15. The molecular weight excluding hydrogens is 672 g/mol. The number of para-hydroxylation sites is 1. The second-order valence-electron chi connectivity index (χ2n) is 16.2. The van der Waals surface area contributed by atoms with Gasteiger partial charge in [0.25, 0.3) is 5.91 Å². The Bertz CT molecular complexity index is 1950. The van der Waals surface area contributed by atoms with Gasteiger partial charge in [-0.3, -0.25) is 29.0 Å². The van der Waals surface area contributed by atoms with E-state index in [1.807, 2.05) is 81.4 Å². The minimum Gasteiger partial charge on any atom is -0.387 e. The highest BCUT2D eigenvalue weighted by Crippen LogP contribution is 2.48. The average molecular weight is 721 g/mol. The molecule has 2 aromatic carbocycles. The zero-order valence-electron chi connectivity index (χ0n) is 30.8. The van der Waals surface area contributed by atoms with E-state index in [-0.39, 0.29) is 30.7 Å². The number of nitrogens with one attached hydrogen (secondary N) is 3. The normalized spacial score (nSPS) is 24.6. The predicted octanol–water partition coefficient (Wildman–Crippen LogP) is 4.02. The molecule has 0 radical (unpaired) electrons. The van der Waals surface area contributed by atoms with E-state index in [2.05, 4.69) is 26.1 Å². The number of carbonyl (C=O) groups excluding carboxylic acids is 5. The maximum Gasteiger partial charge on any atom is 0.289 e. The topological polar surface area (TPSA) is 159 Å². The molecule has 1 saturated heterocycles. The van der Waals surface area contributed by atoms with Crippen LogP contribution in [0.25, 0.3) is 10.9 Å². The van der Waals surface area contributed by atoms with Gasteiger partial charge >= 0.3 is 0 Å². The molecule has 3 N–H and O–H groups in total. The van der Waals surface area contributed by atoms with Gasteiger partial charge in [-0.2, -0.15) is 0 Å². The van der Waals surface area contributed by atoms with E-state index in [1.54, 1.807) is 6.20 Å². The number of rotatable bonds is 12. The Hall–Kier alpha value is -5.13. The average Bonchev–Trinajstić information content (AvgIpc) is 4.09. The number of ketones is 1. The van der Waals surface area contributed by atoms with Crippen LogP contribution in [0, 0.1) is 17.3 Å². The zero-order chi connectivity index (χ0) is 37.5. The fraction of sp³-hybridized carbons (Fsp3) is 0.488. The molecule has 3 fully saturated rings. The van der Waals surface area contributed by atoms with Crippen molar-refractivity contribution in [3.05, 3.63) is 78.0 Å². The van der Waals surface area contributed by atoms with E-state index < -0.39 is 52.6 Å². The monoisotopic (exact) mass is 720 g/mol. The summed E-state index contributed by atoms with van der Waals surface area (Å²) >= 11 is 0. The Morgan fingerprint density at radius 2 is 1.72 bits per heavy atom. The van der Waals surface area contributed by atoms with Crippen LogP contribution in [0.2, 0.25) is 0 Å². The van der Waals surface area contributed by atoms with Crippen LogP contribution in [0.3, 0.4) is 0 Å². The van der Waals surface area contributed by atoms with E-state index in [0.717, 1.165) is 34.9 Å². The number of pyridine rings is 1. The van der Waals surface area contributed by atoms with Crippen LogP contribution in [0.15, 0.2) is 72.0 Å². The van der Waals surface area contributed by atoms with E-state index in [1.165, 1.54) is 11.9 Å². The first kappa shape index (κ1) is 36.2. The first-order valence-corrected chi connectivity index (χ1v) is 18.7. The zero-order valence-corrected chi connectivity index (χ0v) is 30.8. The number of nitrogens with zero attached hydrogens (tertiary/aromatic N) is 3. The van der Waals surface area contributed by atoms with Crippen molar-refractivity contribution in [2.24, 2.45) is 22.4 Å². The summed E-state index contributed by atoms with van der Waals surface area (Å²) in [5.74, 6) is -2.40. The molecule has 0 bridgehead atoms. The summed E-state index contributed by atoms with van der Waals surface area (Å²) in [4.78, 5) is 80.8. The minimum atomic E-state index is -1.05. The summed E-state index contributed by atoms with van der Waals surface area (Å²) in [5, 5.41) is 13.7. The fourth-order valence-corrected chi connectivity index (χ4v) is 7.86. The Kier molecular flexibility index (Phi) is 9.82. The van der Waals surface area contributed by atoms with Gasteiger partial charge in [0.2, 0.25) is 23.5 Å². The third-order valence-corrected chi connectivity index (χ3v) is 11.2. The molecule has 2 aliphatic carbocycles. The molecule has 278 valence electrons. The third-order valence-electron chi connectivity index (χ3n) is 11.2. The Morgan fingerprint density at radius 1 is 0.962 bits per heavy atom. The summed E-state index contributed by atoms with van der Waals surface area (Å²) in [5.41, 5.74) is 1.56. The van der Waals surface area contributed by atoms with Gasteiger partial charge in [0.15, 0.2) is 5.60 Å². The molecule has 53 heavy (non-hydrogen) atoms. The van der Waals surface area contributed by atoms with Crippen LogP contribution < -0.4 is 16.0 Å². The molecule has 2 aliphatic heterocycles. The number of carbonyl (C=O) groups is 5. The first-order valence-electron chi connectivity index (χ1n) is 18.7. The summed E-state index contributed by atoms with van der Waals surface area (Å²) < 4.78 is 0. The highest BCUT2D eigenvalue weighted by molar-refractivity contribution is 6.38. The predicted molar refractivity (Wildman–Crippen MR) is 198 cm³/mol. The Labute approximate surface area is 309 Å². The molecule has 12 heteroatoms. The summed E-state index contributed by atoms with van der Waals surface area (Å²) in [7, 11) is 1.38. The lowest BCUT2D eigenvalue weighted by atomic mass is 9.85. The van der Waals surface area contributed by atoms with Gasteiger partial charge in [-0.25, -0.2) is 0 Å². The lowest BCUT2D eigenvalue weighted by Crippen LogP contribution is -2.59. The molecule has 2 saturated carbocycles. The van der Waals surface area contributed by atoms with Crippen molar-refractivity contribution in [1.29, 1.82) is 0 Å². The Morgan fingerprint density at radius 3 is 2.43 bits per heavy atom. The van der Waals surface area contributed by atoms with Gasteiger partial charge in [0.05, 0.1) is 23.8 Å². The number of Topliss-reactive ketones (excluding diaryl/α,β-unsaturated/α-hetero) is 1. The maximum absolute atomic E-state index is 14.8. The smallest absolute Gasteiger partial charge is 0.289 e. The van der Waals surface area contributed by atoms with Crippen LogP contribution in [0.5, 0.6) is 0 Å². The van der Waals surface area contributed by atoms with Gasteiger partial charge in [-0.15, -0.1) is 0 Å². The molecule has 1 aromatic heterocycles. The van der Waals surface area contributed by atoms with E-state index in [4.69, 9.17) is 4.84 Å². The molecule has 3 heterocycles. The van der Waals surface area contributed by atoms with Crippen molar-refractivity contribution in [3.63, 3.8) is 0 Å². The second kappa shape index (κ2) is 14.4. The van der Waals surface area contributed by atoms with Crippen LogP contribution in [-0.2, 0) is 28.8 Å². The number of hydrogen-bond donors (Lipinski definition) is 3. The van der Waals surface area contributed by atoms with Gasteiger partial charge in [-0.1, -0.05) is 93.4 Å². The summed E-state index contributed by atoms with van der Waals surface area (Å²) in [6, 6.07) is 16.5. The molecule has 7 rings (SSSR count). The number of likely N-dealkylation sites (N-methyl/N-ethyl adjacent to an activating group) is 1. The third kappa shape index (κ3) is 7.68. The van der Waals surface area contributed by atoms with Crippen LogP contribution in [0.4, 0.5) is 0 Å². The molecule has 4 aliphatic rings. The number of benzene rings is 2. The summed E-state index contributed by atoms with van der Waals surface area (Å²) in [6.07, 6.45) is 5.96. The van der Waals surface area contributed by atoms with Crippen LogP contribution in [0.1, 0.15) is 82.8 Å². The highest BCUT2D eigenvalue weighted by Gasteiger charge is 2.56. The lowest BCUT2D eigenvalue weighted by molar-refractivity contribution is -0.145. The molecule has 0 unspecified atom stereocenters. The van der Waals surface area contributed by atoms with Gasteiger partial charge < -0.3 is 25.7 Å². The van der Waals surface area contributed by atoms with Crippen molar-refractivity contribution in [3.8, 4) is 0 Å². The van der Waals surface area contributed by atoms with Gasteiger partial charge in [0.1, 0.15) is 12.1 Å². The number of oxime groups is 1. The fourth-order valence-electron chi connectivity index (χ4n) is 7.86. The second-order valence-corrected chi connectivity index (χ2v) is 16.2. The molecule has 6 atom stereocenters. The number of hydrogen-bond acceptors (Lipinski definition) is 8. The number of amides is 4. The largest absolute Gasteiger partial charge is 0.387 e. The van der Waals surface area contributed by atoms with Crippen LogP contribution in [-0.4, -0.2) is 82.3 Å². The van der Waals surface area contributed by atoms with Crippen molar-refractivity contribution in [2.75, 3.05) is 13.6 Å². The molecule has 4 amide bonds. The SMILES string of the molecule is CNC(=O)C(=O)[C@H](CCC1CC1)NC(=O)[C@@H]1C[C@]2(CC(c3cccc4cccnc34)=NO2)CN1C(=O)[C@@H](NC(=O)[C@@H]1C[C@H]1c1ccccc1)C(C)(C)C. The number of likely N-dealkylation sites (tertiary alicyclic amines) is 1. The van der Waals surface area contributed by atoms with Gasteiger partial charge in [0, 0.05) is 43.0 Å². The van der Waals surface area contributed by atoms with Crippen molar-refractivity contribution in [1.82, 2.24) is 25.8 Å². The van der Waals surface area contributed by atoms with E-state index in [9.17, 15) is 24.0 Å². The lowest BCUT2D eigenvalue weighted by Gasteiger charge is -2.35. The number of fused-ring (bicyclic) bond motifs is 1. The van der Waals surface area contributed by atoms with E-state index >= 15 is 0 Å². The van der Waals surface area contributed by atoms with Crippen molar-refractivity contribution < 1.29 is 28.8 Å². The quantitative estimate of drug-likeness (QED) is 0.239. The molecule has 3 aromatic rings. The molecule has 1 spiro atoms. The standard InChI is InChI=1S/C41H48N6O6/c1-40(2,3)35(45-36(49)29-20-28(29)25-10-6-5-7-11-25)39(52)47-23-41(21-31(46-53-41)27-14-8-12-26-13-9-19-43-33(26)27)22-32(47)37(50)44-30(18-17-24-15-16-24)34(48)38(51)42-4/h5-14,19,24,28-30,32,35H,15-18,20-23H2,1-4H3,(H,42,51)(H,44,50)(H,45,49)/t28-,29+,30-,32-,35+,41+/m0/s1. The van der Waals surface area contributed by atoms with Crippen molar-refractivity contribution in [2.45, 2.75) is 95.4 Å². The summed E-state index contributed by atoms with van der Waals surface area (Å²) in [6.45, 7) is 5.68.